The third-order valence-corrected chi connectivity index (χ3v) is 9.79. The first-order valence-electron chi connectivity index (χ1n) is 22.2. The van der Waals surface area contributed by atoms with Gasteiger partial charge in [-0.1, -0.05) is 86.3 Å². The van der Waals surface area contributed by atoms with E-state index in [0.717, 1.165) is 43.2 Å². The van der Waals surface area contributed by atoms with E-state index in [4.69, 9.17) is 15.2 Å². The molecule has 14 heteroatoms. The van der Waals surface area contributed by atoms with Gasteiger partial charge in [0, 0.05) is 25.8 Å². The zero-order valence-corrected chi connectivity index (χ0v) is 38.1. The molecule has 1 unspecified atom stereocenters. The number of ether oxygens (including phenoxy) is 2. The van der Waals surface area contributed by atoms with E-state index in [0.29, 0.717) is 57.9 Å². The van der Waals surface area contributed by atoms with E-state index in [1.165, 1.54) is 6.92 Å². The van der Waals surface area contributed by atoms with Gasteiger partial charge >= 0.3 is 18.0 Å². The molecule has 0 spiro atoms. The summed E-state index contributed by atoms with van der Waals surface area (Å²) in [5, 5.41) is 11.0. The number of nitrogens with one attached hydrogen (secondary N) is 4. The average Bonchev–Trinajstić information content (AvgIpc) is 3.18. The van der Waals surface area contributed by atoms with Crippen molar-refractivity contribution >= 4 is 41.4 Å². The number of urea groups is 1. The number of esters is 2. The van der Waals surface area contributed by atoms with Gasteiger partial charge in [0.1, 0.15) is 17.2 Å². The van der Waals surface area contributed by atoms with E-state index in [1.54, 1.807) is 41.5 Å². The minimum Gasteiger partial charge on any atom is -0.460 e. The number of Topliss-reactive ketones (excluding diaryl/α,β-unsaturated/α-hetero) is 2. The van der Waals surface area contributed by atoms with E-state index in [9.17, 15) is 33.6 Å². The Morgan fingerprint density at radius 1 is 0.581 bits per heavy atom. The average molecular weight is 864 g/mol. The van der Waals surface area contributed by atoms with Crippen molar-refractivity contribution in [2.24, 2.45) is 5.73 Å². The molecule has 0 heterocycles. The Labute approximate surface area is 369 Å². The first kappa shape index (κ1) is 53.0. The van der Waals surface area contributed by atoms with Crippen LogP contribution < -0.4 is 27.0 Å². The zero-order chi connectivity index (χ0) is 46.1. The van der Waals surface area contributed by atoms with Gasteiger partial charge in [-0.2, -0.15) is 0 Å². The maximum Gasteiger partial charge on any atom is 0.329 e. The van der Waals surface area contributed by atoms with E-state index in [1.807, 2.05) is 60.7 Å². The number of amides is 4. The van der Waals surface area contributed by atoms with E-state index >= 15 is 0 Å². The van der Waals surface area contributed by atoms with Crippen LogP contribution in [0.1, 0.15) is 143 Å². The molecule has 0 radical (unpaired) electrons. The number of rotatable bonds is 28. The van der Waals surface area contributed by atoms with Crippen molar-refractivity contribution < 1.29 is 43.0 Å². The molecule has 4 amide bonds. The van der Waals surface area contributed by atoms with Gasteiger partial charge in [0.05, 0.1) is 18.1 Å². The predicted octanol–water partition coefficient (Wildman–Crippen LogP) is 6.35. The van der Waals surface area contributed by atoms with Crippen LogP contribution in [-0.2, 0) is 51.1 Å². The fraction of sp³-hybridized carbons (Fsp3) is 0.604. The highest BCUT2D eigenvalue weighted by Crippen LogP contribution is 2.15. The van der Waals surface area contributed by atoms with Gasteiger partial charge in [-0.05, 0) is 111 Å². The summed E-state index contributed by atoms with van der Waals surface area (Å²) in [6, 6.07) is 15.1. The van der Waals surface area contributed by atoms with Crippen molar-refractivity contribution in [2.75, 3.05) is 6.54 Å². The van der Waals surface area contributed by atoms with Crippen LogP contribution in [0.25, 0.3) is 0 Å². The Morgan fingerprint density at radius 2 is 1.11 bits per heavy atom. The van der Waals surface area contributed by atoms with Crippen LogP contribution in [0.4, 0.5) is 4.79 Å². The summed E-state index contributed by atoms with van der Waals surface area (Å²) in [7, 11) is 0. The quantitative estimate of drug-likeness (QED) is 0.0473. The Kier molecular flexibility index (Phi) is 23.7. The van der Waals surface area contributed by atoms with Crippen LogP contribution >= 0.6 is 0 Å². The van der Waals surface area contributed by atoms with Crippen molar-refractivity contribution in [2.45, 2.75) is 180 Å². The summed E-state index contributed by atoms with van der Waals surface area (Å²) in [5.41, 5.74) is 6.62. The lowest BCUT2D eigenvalue weighted by Crippen LogP contribution is -2.52. The van der Waals surface area contributed by atoms with Crippen LogP contribution in [-0.4, -0.2) is 83.3 Å². The largest absolute Gasteiger partial charge is 0.460 e. The summed E-state index contributed by atoms with van der Waals surface area (Å²) < 4.78 is 10.8. The molecule has 4 atom stereocenters. The summed E-state index contributed by atoms with van der Waals surface area (Å²) in [4.78, 5) is 89.2. The predicted molar refractivity (Wildman–Crippen MR) is 240 cm³/mol. The maximum atomic E-state index is 13.3. The first-order chi connectivity index (χ1) is 29.2. The fourth-order valence-corrected chi connectivity index (χ4v) is 6.60. The number of benzene rings is 2. The number of ketones is 2. The van der Waals surface area contributed by atoms with Gasteiger partial charge < -0.3 is 36.5 Å². The summed E-state index contributed by atoms with van der Waals surface area (Å²) in [6.07, 6.45) is 7.96. The second-order valence-electron chi connectivity index (χ2n) is 18.0. The number of carbonyl (C=O) groups is 7. The normalized spacial score (nSPS) is 13.4. The van der Waals surface area contributed by atoms with Gasteiger partial charge in [-0.3, -0.25) is 24.0 Å². The molecule has 0 aromatic heterocycles. The molecular formula is C48H73N5O9. The standard InChI is InChI=1S/C48H73N5O9/c1-34(54)38(52-46(60)53-39(45(59)62-48(5,6)7)29-30-43(57)61-47(2,3)4)26-20-21-31-50-42(56)28-19-11-9-8-10-18-27-41(55)40(33-36-24-16-13-17-25-36)51-44(58)37(49)32-35-22-14-12-15-23-35/h12-17,22-25,37-40H,8-11,18-21,26-33,49H2,1-7H3,(H,50,56)(H,51,58)(H2,52,53,60)/t37-,38?,39+,40-/m1/s1. The lowest BCUT2D eigenvalue weighted by molar-refractivity contribution is -0.158. The van der Waals surface area contributed by atoms with Crippen LogP contribution in [0.15, 0.2) is 60.7 Å². The molecule has 0 aliphatic carbocycles. The van der Waals surface area contributed by atoms with Crippen molar-refractivity contribution in [3.63, 3.8) is 0 Å². The van der Waals surface area contributed by atoms with Gasteiger partial charge in [-0.25, -0.2) is 9.59 Å². The summed E-state index contributed by atoms with van der Waals surface area (Å²) in [5.74, 6) is -1.88. The lowest BCUT2D eigenvalue weighted by atomic mass is 9.97. The van der Waals surface area contributed by atoms with Crippen molar-refractivity contribution in [3.05, 3.63) is 71.8 Å². The lowest BCUT2D eigenvalue weighted by Gasteiger charge is -2.26. The van der Waals surface area contributed by atoms with Crippen molar-refractivity contribution in [1.82, 2.24) is 21.3 Å². The SMILES string of the molecule is CC(=O)C(CCCCNC(=O)CCCCCCCCC(=O)[C@@H](Cc1ccccc1)NC(=O)[C@H](N)Cc1ccccc1)NC(=O)N[C@@H](CCC(=O)OC(C)(C)C)C(=O)OC(C)(C)C. The molecule has 62 heavy (non-hydrogen) atoms. The second-order valence-corrected chi connectivity index (χ2v) is 18.0. The molecule has 0 saturated heterocycles. The van der Waals surface area contributed by atoms with Crippen LogP contribution in [0.5, 0.6) is 0 Å². The Balaban J connectivity index is 1.67. The Hall–Kier alpha value is -5.11. The molecule has 2 rings (SSSR count). The monoisotopic (exact) mass is 864 g/mol. The minimum absolute atomic E-state index is 0.0124. The molecule has 0 saturated carbocycles. The molecule has 14 nitrogen and oxygen atoms in total. The highest BCUT2D eigenvalue weighted by molar-refractivity contribution is 5.91. The number of nitrogens with two attached hydrogens (primary N) is 1. The second kappa shape index (κ2) is 27.8. The number of hydrogen-bond acceptors (Lipinski definition) is 10. The molecule has 0 bridgehead atoms. The highest BCUT2D eigenvalue weighted by Gasteiger charge is 2.30. The molecule has 344 valence electrons. The number of hydrogen-bond donors (Lipinski definition) is 5. The van der Waals surface area contributed by atoms with Gasteiger partial charge in [0.15, 0.2) is 11.6 Å². The van der Waals surface area contributed by atoms with Crippen LogP contribution in [0.2, 0.25) is 0 Å². The maximum absolute atomic E-state index is 13.3. The molecule has 0 fully saturated rings. The van der Waals surface area contributed by atoms with E-state index < -0.39 is 53.3 Å². The van der Waals surface area contributed by atoms with Crippen LogP contribution in [0, 0.1) is 0 Å². The molecule has 0 aliphatic rings. The zero-order valence-electron chi connectivity index (χ0n) is 38.1. The molecule has 0 aliphatic heterocycles. The summed E-state index contributed by atoms with van der Waals surface area (Å²) in [6.45, 7) is 12.1. The molecule has 2 aromatic rings. The van der Waals surface area contributed by atoms with Gasteiger partial charge in [0.2, 0.25) is 11.8 Å². The Bertz CT molecular complexity index is 1710. The van der Waals surface area contributed by atoms with Crippen molar-refractivity contribution in [3.8, 4) is 0 Å². The van der Waals surface area contributed by atoms with E-state index in [2.05, 4.69) is 21.3 Å². The highest BCUT2D eigenvalue weighted by atomic mass is 16.6. The van der Waals surface area contributed by atoms with Crippen molar-refractivity contribution in [1.29, 1.82) is 0 Å². The fourth-order valence-electron chi connectivity index (χ4n) is 6.60. The topological polar surface area (TPSA) is 212 Å². The third-order valence-electron chi connectivity index (χ3n) is 9.79. The minimum atomic E-state index is -1.14. The third kappa shape index (κ3) is 24.4. The molecule has 6 N–H and O–H groups in total. The summed E-state index contributed by atoms with van der Waals surface area (Å²) >= 11 is 0. The van der Waals surface area contributed by atoms with Gasteiger partial charge in [-0.15, -0.1) is 0 Å². The number of unbranched alkanes of at least 4 members (excludes halogenated alkanes) is 6. The smallest absolute Gasteiger partial charge is 0.329 e. The van der Waals surface area contributed by atoms with E-state index in [-0.39, 0.29) is 36.2 Å². The molecule has 2 aromatic carbocycles. The van der Waals surface area contributed by atoms with Gasteiger partial charge in [0.25, 0.3) is 0 Å². The first-order valence-corrected chi connectivity index (χ1v) is 22.2. The molecular weight excluding hydrogens is 791 g/mol. The van der Waals surface area contributed by atoms with Crippen LogP contribution in [0.3, 0.4) is 0 Å². The number of carbonyl (C=O) groups excluding carboxylic acids is 7. The Morgan fingerprint density at radius 3 is 1.68 bits per heavy atom.